The van der Waals surface area contributed by atoms with Crippen molar-refractivity contribution >= 4 is 50.5 Å². The maximum atomic E-state index is 13.4. The van der Waals surface area contributed by atoms with Crippen molar-refractivity contribution in [3.8, 4) is 11.5 Å². The van der Waals surface area contributed by atoms with Gasteiger partial charge in [0.25, 0.3) is 5.91 Å². The van der Waals surface area contributed by atoms with Gasteiger partial charge in [-0.15, -0.1) is 0 Å². The number of thioether (sulfide) groups is 1. The molecule has 1 saturated heterocycles. The molecule has 1 aliphatic rings. The fourth-order valence-corrected chi connectivity index (χ4v) is 4.41. The van der Waals surface area contributed by atoms with Crippen LogP contribution in [-0.2, 0) is 11.4 Å². The second-order valence-corrected chi connectivity index (χ2v) is 8.65. The topological polar surface area (TPSA) is 59.9 Å². The van der Waals surface area contributed by atoms with Gasteiger partial charge in [0, 0.05) is 0 Å². The first-order valence-electron chi connectivity index (χ1n) is 9.61. The molecule has 32 heavy (non-hydrogen) atoms. The average Bonchev–Trinajstić information content (AvgIpc) is 3.11. The molecule has 0 aromatic heterocycles. The van der Waals surface area contributed by atoms with E-state index >= 15 is 0 Å². The van der Waals surface area contributed by atoms with Crippen LogP contribution in [0, 0.1) is 5.82 Å². The molecular weight excluding hydrogens is 495 g/mol. The number of methoxy groups -OCH3 is 1. The first kappa shape index (κ1) is 22.1. The summed E-state index contributed by atoms with van der Waals surface area (Å²) in [5.74, 6) is 0.450. The Bertz CT molecular complexity index is 1220. The van der Waals surface area contributed by atoms with E-state index in [2.05, 4.69) is 26.2 Å². The SMILES string of the molecule is COc1cc(/C=C2\SC(=Nc3ccccc3)NC2=O)cc(Br)c1OCc1cccc(F)c1. The second kappa shape index (κ2) is 10.0. The number of rotatable bonds is 6. The number of benzene rings is 3. The number of carbonyl (C=O) groups excluding carboxylic acids is 1. The van der Waals surface area contributed by atoms with Crippen LogP contribution in [0.25, 0.3) is 6.08 Å². The minimum Gasteiger partial charge on any atom is -0.493 e. The highest BCUT2D eigenvalue weighted by molar-refractivity contribution is 9.10. The number of amidine groups is 1. The molecule has 1 aliphatic heterocycles. The van der Waals surface area contributed by atoms with Crippen LogP contribution in [0.1, 0.15) is 11.1 Å². The van der Waals surface area contributed by atoms with Crippen LogP contribution in [0.4, 0.5) is 10.1 Å². The van der Waals surface area contributed by atoms with Gasteiger partial charge in [-0.25, -0.2) is 9.38 Å². The molecule has 4 rings (SSSR count). The van der Waals surface area contributed by atoms with Crippen molar-refractivity contribution in [3.05, 3.63) is 93.1 Å². The number of aliphatic imine (C=N–C) groups is 1. The Morgan fingerprint density at radius 1 is 1.12 bits per heavy atom. The number of para-hydroxylation sites is 1. The third-order valence-electron chi connectivity index (χ3n) is 4.46. The normalized spacial score (nSPS) is 15.8. The van der Waals surface area contributed by atoms with Crippen molar-refractivity contribution in [2.45, 2.75) is 6.61 Å². The van der Waals surface area contributed by atoms with Gasteiger partial charge in [-0.3, -0.25) is 4.79 Å². The van der Waals surface area contributed by atoms with Gasteiger partial charge in [0.2, 0.25) is 0 Å². The zero-order chi connectivity index (χ0) is 22.5. The molecule has 3 aromatic rings. The van der Waals surface area contributed by atoms with Gasteiger partial charge in [-0.2, -0.15) is 0 Å². The van der Waals surface area contributed by atoms with Gasteiger partial charge < -0.3 is 14.8 Å². The molecule has 0 aliphatic carbocycles. The summed E-state index contributed by atoms with van der Waals surface area (Å²) in [6.45, 7) is 0.185. The summed E-state index contributed by atoms with van der Waals surface area (Å²) in [5, 5.41) is 3.30. The molecule has 0 saturated carbocycles. The fourth-order valence-electron chi connectivity index (χ4n) is 3.00. The van der Waals surface area contributed by atoms with E-state index in [1.165, 1.54) is 31.0 Å². The molecular formula is C24H18BrFN2O3S. The zero-order valence-corrected chi connectivity index (χ0v) is 19.4. The van der Waals surface area contributed by atoms with Gasteiger partial charge >= 0.3 is 0 Å². The third kappa shape index (κ3) is 5.38. The Hall–Kier alpha value is -3.10. The van der Waals surface area contributed by atoms with E-state index < -0.39 is 0 Å². The predicted molar refractivity (Wildman–Crippen MR) is 129 cm³/mol. The summed E-state index contributed by atoms with van der Waals surface area (Å²) in [5.41, 5.74) is 2.22. The van der Waals surface area contributed by atoms with Crippen molar-refractivity contribution in [3.63, 3.8) is 0 Å². The molecule has 0 radical (unpaired) electrons. The molecule has 1 N–H and O–H groups in total. The first-order chi connectivity index (χ1) is 15.5. The third-order valence-corrected chi connectivity index (χ3v) is 5.96. The summed E-state index contributed by atoms with van der Waals surface area (Å²) in [6, 6.07) is 19.2. The lowest BCUT2D eigenvalue weighted by Gasteiger charge is -2.14. The number of hydrogen-bond donors (Lipinski definition) is 1. The molecule has 162 valence electrons. The molecule has 0 bridgehead atoms. The highest BCUT2D eigenvalue weighted by Gasteiger charge is 2.24. The maximum absolute atomic E-state index is 13.4. The van der Waals surface area contributed by atoms with Gasteiger partial charge in [-0.1, -0.05) is 30.3 Å². The number of hydrogen-bond acceptors (Lipinski definition) is 5. The van der Waals surface area contributed by atoms with Crippen LogP contribution in [0.15, 0.2) is 81.1 Å². The Balaban J connectivity index is 1.54. The molecule has 5 nitrogen and oxygen atoms in total. The maximum Gasteiger partial charge on any atom is 0.264 e. The Morgan fingerprint density at radius 2 is 1.94 bits per heavy atom. The van der Waals surface area contributed by atoms with E-state index in [0.717, 1.165) is 11.3 Å². The minimum atomic E-state index is -0.318. The molecule has 1 amide bonds. The standard InChI is InChI=1S/C24H18BrFN2O3S/c1-30-20-12-16(11-19(25)22(20)31-14-15-6-5-7-17(26)10-15)13-21-23(29)28-24(32-21)27-18-8-3-2-4-9-18/h2-13H,14H2,1H3,(H,27,28,29)/b21-13-. The van der Waals surface area contributed by atoms with Crippen molar-refractivity contribution in [2.24, 2.45) is 4.99 Å². The van der Waals surface area contributed by atoms with Gasteiger partial charge in [0.1, 0.15) is 12.4 Å². The molecule has 0 spiro atoms. The lowest BCUT2D eigenvalue weighted by Crippen LogP contribution is -2.19. The number of amides is 1. The van der Waals surface area contributed by atoms with E-state index in [9.17, 15) is 9.18 Å². The van der Waals surface area contributed by atoms with E-state index in [1.807, 2.05) is 36.4 Å². The number of nitrogens with zero attached hydrogens (tertiary/aromatic N) is 1. The largest absolute Gasteiger partial charge is 0.493 e. The van der Waals surface area contributed by atoms with Crippen LogP contribution >= 0.6 is 27.7 Å². The highest BCUT2D eigenvalue weighted by Crippen LogP contribution is 2.38. The highest BCUT2D eigenvalue weighted by atomic mass is 79.9. The summed E-state index contributed by atoms with van der Waals surface area (Å²) in [7, 11) is 1.54. The Morgan fingerprint density at radius 3 is 2.69 bits per heavy atom. The Labute approximate surface area is 197 Å². The van der Waals surface area contributed by atoms with Crippen molar-refractivity contribution in [2.75, 3.05) is 7.11 Å². The average molecular weight is 513 g/mol. The van der Waals surface area contributed by atoms with Crippen molar-refractivity contribution in [1.29, 1.82) is 0 Å². The molecule has 8 heteroatoms. The predicted octanol–water partition coefficient (Wildman–Crippen LogP) is 6.07. The summed E-state index contributed by atoms with van der Waals surface area (Å²) in [6.07, 6.45) is 1.76. The van der Waals surface area contributed by atoms with Crippen molar-refractivity contribution < 1.29 is 18.7 Å². The molecule has 1 fully saturated rings. The van der Waals surface area contributed by atoms with E-state index in [0.29, 0.717) is 31.6 Å². The van der Waals surface area contributed by atoms with Crippen LogP contribution in [0.3, 0.4) is 0 Å². The van der Waals surface area contributed by atoms with Crippen LogP contribution in [0.5, 0.6) is 11.5 Å². The number of halogens is 2. The fraction of sp³-hybridized carbons (Fsp3) is 0.0833. The number of carbonyl (C=O) groups is 1. The van der Waals surface area contributed by atoms with E-state index in [4.69, 9.17) is 9.47 Å². The Kier molecular flexibility index (Phi) is 6.92. The summed E-state index contributed by atoms with van der Waals surface area (Å²) >= 11 is 4.78. The lowest BCUT2D eigenvalue weighted by molar-refractivity contribution is -0.115. The van der Waals surface area contributed by atoms with Crippen LogP contribution < -0.4 is 14.8 Å². The van der Waals surface area contributed by atoms with Crippen LogP contribution in [-0.4, -0.2) is 18.2 Å². The summed E-state index contributed by atoms with van der Waals surface area (Å²) in [4.78, 5) is 17.4. The van der Waals surface area contributed by atoms with Gasteiger partial charge in [0.05, 0.1) is 22.2 Å². The quantitative estimate of drug-likeness (QED) is 0.407. The second-order valence-electron chi connectivity index (χ2n) is 6.77. The van der Waals surface area contributed by atoms with Crippen molar-refractivity contribution in [1.82, 2.24) is 5.32 Å². The first-order valence-corrected chi connectivity index (χ1v) is 11.2. The molecule has 0 atom stereocenters. The van der Waals surface area contributed by atoms with E-state index in [-0.39, 0.29) is 18.3 Å². The zero-order valence-electron chi connectivity index (χ0n) is 17.0. The molecule has 1 heterocycles. The number of ether oxygens (including phenoxy) is 2. The van der Waals surface area contributed by atoms with E-state index in [1.54, 1.807) is 24.3 Å². The van der Waals surface area contributed by atoms with Gasteiger partial charge in [0.15, 0.2) is 16.7 Å². The van der Waals surface area contributed by atoms with Gasteiger partial charge in [-0.05, 0) is 81.3 Å². The number of nitrogens with one attached hydrogen (secondary N) is 1. The molecule has 0 unspecified atom stereocenters. The van der Waals surface area contributed by atoms with Crippen LogP contribution in [0.2, 0.25) is 0 Å². The minimum absolute atomic E-state index is 0.185. The summed E-state index contributed by atoms with van der Waals surface area (Å²) < 4.78 is 25.4. The smallest absolute Gasteiger partial charge is 0.264 e. The monoisotopic (exact) mass is 512 g/mol. The molecule has 3 aromatic carbocycles. The lowest BCUT2D eigenvalue weighted by atomic mass is 10.2.